The van der Waals surface area contributed by atoms with Crippen LogP contribution in [0.1, 0.15) is 25.9 Å². The average molecular weight is 587 g/mol. The first-order valence-electron chi connectivity index (χ1n) is 11.8. The van der Waals surface area contributed by atoms with E-state index in [-0.39, 0.29) is 11.4 Å². The summed E-state index contributed by atoms with van der Waals surface area (Å²) in [5.74, 6) is -2.72. The summed E-state index contributed by atoms with van der Waals surface area (Å²) >= 11 is 5.53. The highest BCUT2D eigenvalue weighted by Gasteiger charge is 2.65. The van der Waals surface area contributed by atoms with Crippen LogP contribution in [0.2, 0.25) is 0 Å². The number of carbonyl (C=O) groups excluding carboxylic acids is 1. The van der Waals surface area contributed by atoms with Gasteiger partial charge in [-0.2, -0.15) is 0 Å². The molecule has 3 aromatic rings. The number of alkyl halides is 2. The van der Waals surface area contributed by atoms with Crippen LogP contribution >= 0.6 is 6.64 Å². The van der Waals surface area contributed by atoms with E-state index in [1.165, 1.54) is 24.9 Å². The Kier molecular flexibility index (Phi) is 8.22. The van der Waals surface area contributed by atoms with E-state index in [9.17, 15) is 9.90 Å². The summed E-state index contributed by atoms with van der Waals surface area (Å²) < 4.78 is 55.0. The number of anilines is 1. The number of rotatable bonds is 10. The summed E-state index contributed by atoms with van der Waals surface area (Å²) in [5.41, 5.74) is -2.18. The van der Waals surface area contributed by atoms with Crippen LogP contribution in [-0.2, 0) is 30.6 Å². The van der Waals surface area contributed by atoms with E-state index in [0.29, 0.717) is 17.2 Å². The molecule has 1 fully saturated rings. The highest BCUT2D eigenvalue weighted by molar-refractivity contribution is 8.09. The van der Waals surface area contributed by atoms with Crippen molar-refractivity contribution in [2.75, 3.05) is 26.1 Å². The van der Waals surface area contributed by atoms with Gasteiger partial charge in [-0.05, 0) is 44.7 Å². The third-order valence-corrected chi connectivity index (χ3v) is 8.54. The standard InChI is InChI=1S/C23H29F2N6O6PS/c1-13(19(32)34-5)30-38(39,37-15-9-7-6-8-10-15)35-11-23(25)20(33)22(3,24)21(36-23)31-12-27-16-17(26-4)28-14(2)29-18(16)31/h6-10,12-13,20-21,33H,11H2,1-5H3,(H,30,39)(H,26,28,29)/t13-,20+,21-,22-,23-,38-/m1/s1. The number of imidazole rings is 1. The average Bonchev–Trinajstić information content (AvgIpc) is 3.39. The first-order valence-corrected chi connectivity index (χ1v) is 14.4. The van der Waals surface area contributed by atoms with Gasteiger partial charge < -0.3 is 28.9 Å². The topological polar surface area (TPSA) is 142 Å². The molecular weight excluding hydrogens is 557 g/mol. The van der Waals surface area contributed by atoms with Crippen molar-refractivity contribution >= 4 is 41.4 Å². The Morgan fingerprint density at radius 1 is 1.33 bits per heavy atom. The Morgan fingerprint density at radius 2 is 2.03 bits per heavy atom. The fourth-order valence-electron chi connectivity index (χ4n) is 4.08. The van der Waals surface area contributed by atoms with Crippen LogP contribution < -0.4 is 14.9 Å². The molecule has 16 heteroatoms. The molecule has 4 rings (SSSR count). The van der Waals surface area contributed by atoms with E-state index < -0.39 is 49.1 Å². The predicted molar refractivity (Wildman–Crippen MR) is 141 cm³/mol. The second-order valence-electron chi connectivity index (χ2n) is 9.05. The van der Waals surface area contributed by atoms with Crippen LogP contribution in [0, 0.1) is 6.92 Å². The van der Waals surface area contributed by atoms with Gasteiger partial charge in [0.25, 0.3) is 5.85 Å². The molecule has 0 bridgehead atoms. The van der Waals surface area contributed by atoms with Gasteiger partial charge in [-0.1, -0.05) is 18.2 Å². The zero-order chi connectivity index (χ0) is 28.6. The lowest BCUT2D eigenvalue weighted by atomic mass is 9.97. The first-order chi connectivity index (χ1) is 18.3. The van der Waals surface area contributed by atoms with E-state index in [0.717, 1.165) is 6.92 Å². The highest BCUT2D eigenvalue weighted by Crippen LogP contribution is 2.52. The smallest absolute Gasteiger partial charge is 0.323 e. The maximum Gasteiger partial charge on any atom is 0.323 e. The molecule has 3 heterocycles. The van der Waals surface area contributed by atoms with Crippen LogP contribution in [0.15, 0.2) is 36.7 Å². The van der Waals surface area contributed by atoms with E-state index in [2.05, 4.69) is 25.4 Å². The number of aromatic nitrogens is 4. The number of para-hydroxylation sites is 1. The second kappa shape index (κ2) is 11.0. The largest absolute Gasteiger partial charge is 0.468 e. The number of carbonyl (C=O) groups is 1. The van der Waals surface area contributed by atoms with E-state index >= 15 is 8.78 Å². The van der Waals surface area contributed by atoms with Crippen LogP contribution in [0.25, 0.3) is 11.2 Å². The third kappa shape index (κ3) is 5.74. The molecular formula is C23H29F2N6O6PS. The lowest BCUT2D eigenvalue weighted by Gasteiger charge is -2.30. The number of hydrogen-bond acceptors (Lipinski definition) is 11. The molecule has 1 aliphatic heterocycles. The van der Waals surface area contributed by atoms with Crippen molar-refractivity contribution in [1.29, 1.82) is 0 Å². The number of nitrogens with one attached hydrogen (secondary N) is 2. The number of aliphatic hydroxyl groups is 1. The van der Waals surface area contributed by atoms with Crippen LogP contribution in [0.4, 0.5) is 14.6 Å². The molecule has 2 aromatic heterocycles. The van der Waals surface area contributed by atoms with E-state index in [1.54, 1.807) is 44.3 Å². The van der Waals surface area contributed by atoms with Crippen molar-refractivity contribution in [1.82, 2.24) is 24.6 Å². The molecule has 0 unspecified atom stereocenters. The quantitative estimate of drug-likeness (QED) is 0.238. The normalized spacial score (nSPS) is 27.2. The minimum absolute atomic E-state index is 0.171. The third-order valence-electron chi connectivity index (χ3n) is 6.06. The molecule has 1 saturated heterocycles. The Balaban J connectivity index is 1.62. The number of aliphatic hydroxyl groups excluding tert-OH is 1. The van der Waals surface area contributed by atoms with Crippen molar-refractivity contribution < 1.29 is 37.2 Å². The Bertz CT molecular complexity index is 1400. The second-order valence-corrected chi connectivity index (χ2v) is 12.2. The van der Waals surface area contributed by atoms with Gasteiger partial charge in [-0.15, -0.1) is 0 Å². The summed E-state index contributed by atoms with van der Waals surface area (Å²) in [7, 11) is 2.83. The van der Waals surface area contributed by atoms with Crippen LogP contribution in [0.3, 0.4) is 0 Å². The lowest BCUT2D eigenvalue weighted by molar-refractivity contribution is -0.202. The Labute approximate surface area is 228 Å². The molecule has 3 N–H and O–H groups in total. The minimum atomic E-state index is -3.68. The number of esters is 1. The number of halogens is 2. The summed E-state index contributed by atoms with van der Waals surface area (Å²) in [5, 5.41) is 16.4. The Morgan fingerprint density at radius 3 is 2.67 bits per heavy atom. The van der Waals surface area contributed by atoms with Crippen molar-refractivity contribution in [3.05, 3.63) is 42.5 Å². The van der Waals surface area contributed by atoms with Gasteiger partial charge in [0.05, 0.1) is 13.4 Å². The lowest BCUT2D eigenvalue weighted by Crippen LogP contribution is -2.47. The van der Waals surface area contributed by atoms with Gasteiger partial charge in [-0.3, -0.25) is 9.36 Å². The van der Waals surface area contributed by atoms with Gasteiger partial charge in [0, 0.05) is 7.05 Å². The maximum absolute atomic E-state index is 16.2. The number of benzene rings is 1. The predicted octanol–water partition coefficient (Wildman–Crippen LogP) is 2.93. The van der Waals surface area contributed by atoms with Gasteiger partial charge in [0.15, 0.2) is 35.0 Å². The molecule has 0 saturated carbocycles. The van der Waals surface area contributed by atoms with Crippen molar-refractivity contribution in [2.24, 2.45) is 0 Å². The zero-order valence-corrected chi connectivity index (χ0v) is 23.5. The molecule has 212 valence electrons. The molecule has 0 aliphatic carbocycles. The molecule has 12 nitrogen and oxygen atoms in total. The summed E-state index contributed by atoms with van der Waals surface area (Å²) in [4.78, 5) is 24.8. The summed E-state index contributed by atoms with van der Waals surface area (Å²) in [6, 6.07) is 7.29. The number of ether oxygens (including phenoxy) is 2. The SMILES string of the molecule is CNc1nc(C)nc2c1ncn2[C@@H]1O[C@](F)(CO[P@](=S)(N[C@H](C)C(=O)OC)Oc2ccccc2)[C@@H](O)[C@@]1(C)F. The number of nitrogens with zero attached hydrogens (tertiary/aromatic N) is 4. The Hall–Kier alpha value is -2.81. The zero-order valence-electron chi connectivity index (χ0n) is 21.8. The van der Waals surface area contributed by atoms with Crippen molar-refractivity contribution in [3.8, 4) is 5.75 Å². The van der Waals surface area contributed by atoms with Crippen molar-refractivity contribution in [2.45, 2.75) is 50.7 Å². The minimum Gasteiger partial charge on any atom is -0.468 e. The highest BCUT2D eigenvalue weighted by atomic mass is 32.5. The maximum atomic E-state index is 16.2. The molecule has 1 aromatic carbocycles. The summed E-state index contributed by atoms with van der Waals surface area (Å²) in [6.07, 6.45) is -2.76. The van der Waals surface area contributed by atoms with Gasteiger partial charge in [-0.25, -0.2) is 28.8 Å². The number of aryl methyl sites for hydroxylation is 1. The van der Waals surface area contributed by atoms with Crippen LogP contribution in [-0.4, -0.2) is 75.0 Å². The molecule has 0 amide bonds. The number of hydrogen-bond donors (Lipinski definition) is 3. The van der Waals surface area contributed by atoms with Crippen LogP contribution in [0.5, 0.6) is 5.75 Å². The monoisotopic (exact) mass is 586 g/mol. The number of fused-ring (bicyclic) bond motifs is 1. The fourth-order valence-corrected chi connectivity index (χ4v) is 6.48. The van der Waals surface area contributed by atoms with E-state index in [4.69, 9.17) is 30.3 Å². The summed E-state index contributed by atoms with van der Waals surface area (Å²) in [6.45, 7) is -0.629. The fraction of sp³-hybridized carbons (Fsp3) is 0.478. The number of methoxy groups -OCH3 is 1. The first kappa shape index (κ1) is 29.2. The van der Waals surface area contributed by atoms with Gasteiger partial charge in [0.2, 0.25) is 0 Å². The molecule has 0 radical (unpaired) electrons. The molecule has 39 heavy (non-hydrogen) atoms. The molecule has 6 atom stereocenters. The van der Waals surface area contributed by atoms with Crippen molar-refractivity contribution in [3.63, 3.8) is 0 Å². The molecule has 0 spiro atoms. The van der Waals surface area contributed by atoms with Gasteiger partial charge >= 0.3 is 12.6 Å². The van der Waals surface area contributed by atoms with E-state index in [1.807, 2.05) is 0 Å². The molecule has 1 aliphatic rings. The van der Waals surface area contributed by atoms with Gasteiger partial charge in [0.1, 0.15) is 24.2 Å².